The van der Waals surface area contributed by atoms with Crippen LogP contribution in [0.5, 0.6) is 0 Å². The van der Waals surface area contributed by atoms with Crippen molar-refractivity contribution < 1.29 is 23.1 Å². The van der Waals surface area contributed by atoms with Crippen molar-refractivity contribution in [2.75, 3.05) is 26.2 Å². The fraction of sp³-hybridized carbons (Fsp3) is 0.500. The molecule has 0 atom stereocenters. The topological polar surface area (TPSA) is 131 Å². The number of nitrogens with zero attached hydrogens (tertiary/aromatic N) is 6. The van der Waals surface area contributed by atoms with Crippen LogP contribution in [0.1, 0.15) is 22.6 Å². The standard InChI is InChI=1S/C16H22N6O5S/c1-12-14(11-17-19(12)2)28(26,27)22-9-7-20(8-10-22)16(25)13-3-5-21(18-13)6-4-15(23)24/h3,5,11H,4,6-10H2,1-2H3,(H,23,24). The average molecular weight is 410 g/mol. The van der Waals surface area contributed by atoms with Gasteiger partial charge < -0.3 is 10.0 Å². The van der Waals surface area contributed by atoms with Gasteiger partial charge in [0.1, 0.15) is 10.6 Å². The van der Waals surface area contributed by atoms with E-state index < -0.39 is 16.0 Å². The average Bonchev–Trinajstić information content (AvgIpc) is 3.27. The monoisotopic (exact) mass is 410 g/mol. The third-order valence-electron chi connectivity index (χ3n) is 4.75. The molecule has 2 aromatic heterocycles. The Kier molecular flexibility index (Phi) is 5.52. The third-order valence-corrected chi connectivity index (χ3v) is 6.75. The summed E-state index contributed by atoms with van der Waals surface area (Å²) in [6, 6.07) is 1.53. The number of carboxylic acids is 1. The van der Waals surface area contributed by atoms with E-state index in [4.69, 9.17) is 5.11 Å². The molecule has 3 rings (SSSR count). The van der Waals surface area contributed by atoms with Crippen LogP contribution >= 0.6 is 0 Å². The van der Waals surface area contributed by atoms with Crippen LogP contribution < -0.4 is 0 Å². The number of aromatic nitrogens is 4. The van der Waals surface area contributed by atoms with Gasteiger partial charge in [-0.3, -0.25) is 19.0 Å². The molecule has 1 aliphatic heterocycles. The van der Waals surface area contributed by atoms with Crippen molar-refractivity contribution >= 4 is 21.9 Å². The summed E-state index contributed by atoms with van der Waals surface area (Å²) in [7, 11) is -1.98. The Morgan fingerprint density at radius 2 is 1.89 bits per heavy atom. The number of hydrogen-bond acceptors (Lipinski definition) is 6. The van der Waals surface area contributed by atoms with E-state index >= 15 is 0 Å². The molecule has 1 fully saturated rings. The Hall–Kier alpha value is -2.73. The van der Waals surface area contributed by atoms with Crippen LogP contribution in [0.3, 0.4) is 0 Å². The van der Waals surface area contributed by atoms with Gasteiger partial charge in [-0.25, -0.2) is 8.42 Å². The summed E-state index contributed by atoms with van der Waals surface area (Å²) >= 11 is 0. The second-order valence-electron chi connectivity index (χ2n) is 6.52. The highest BCUT2D eigenvalue weighted by molar-refractivity contribution is 7.89. The van der Waals surface area contributed by atoms with Gasteiger partial charge in [-0.15, -0.1) is 0 Å². The zero-order valence-corrected chi connectivity index (χ0v) is 16.5. The van der Waals surface area contributed by atoms with Crippen molar-refractivity contribution in [2.45, 2.75) is 24.8 Å². The number of carbonyl (C=O) groups excluding carboxylic acids is 1. The highest BCUT2D eigenvalue weighted by Crippen LogP contribution is 2.20. The van der Waals surface area contributed by atoms with Crippen LogP contribution in [0.25, 0.3) is 0 Å². The molecule has 0 saturated carbocycles. The van der Waals surface area contributed by atoms with Crippen LogP contribution in [0.15, 0.2) is 23.4 Å². The number of piperazine rings is 1. The molecule has 1 amide bonds. The van der Waals surface area contributed by atoms with Gasteiger partial charge >= 0.3 is 5.97 Å². The van der Waals surface area contributed by atoms with Gasteiger partial charge in [-0.05, 0) is 13.0 Å². The molecule has 0 unspecified atom stereocenters. The first-order chi connectivity index (χ1) is 13.2. The molecule has 2 aromatic rings. The van der Waals surface area contributed by atoms with Crippen molar-refractivity contribution in [1.29, 1.82) is 0 Å². The normalized spacial score (nSPS) is 15.7. The predicted molar refractivity (Wildman–Crippen MR) is 97.1 cm³/mol. The Morgan fingerprint density at radius 1 is 1.21 bits per heavy atom. The molecule has 12 heteroatoms. The maximum Gasteiger partial charge on any atom is 0.305 e. The van der Waals surface area contributed by atoms with E-state index in [0.717, 1.165) is 0 Å². The highest BCUT2D eigenvalue weighted by atomic mass is 32.2. The lowest BCUT2D eigenvalue weighted by Gasteiger charge is -2.33. The molecule has 0 radical (unpaired) electrons. The SMILES string of the molecule is Cc1c(S(=O)(=O)N2CCN(C(=O)c3ccn(CCC(=O)O)n3)CC2)cnn1C. The van der Waals surface area contributed by atoms with Gasteiger partial charge in [0.2, 0.25) is 10.0 Å². The Morgan fingerprint density at radius 3 is 2.46 bits per heavy atom. The Labute approximate surface area is 162 Å². The van der Waals surface area contributed by atoms with E-state index in [1.165, 1.54) is 25.9 Å². The molecule has 11 nitrogen and oxygen atoms in total. The summed E-state index contributed by atoms with van der Waals surface area (Å²) in [5.74, 6) is -1.24. The Balaban J connectivity index is 1.63. The van der Waals surface area contributed by atoms with Crippen molar-refractivity contribution in [3.05, 3.63) is 29.8 Å². The molecule has 0 bridgehead atoms. The summed E-state index contributed by atoms with van der Waals surface area (Å²) in [4.78, 5) is 24.9. The van der Waals surface area contributed by atoms with Crippen molar-refractivity contribution in [3.8, 4) is 0 Å². The van der Waals surface area contributed by atoms with Crippen molar-refractivity contribution in [1.82, 2.24) is 28.8 Å². The van der Waals surface area contributed by atoms with Crippen molar-refractivity contribution in [2.24, 2.45) is 7.05 Å². The number of amides is 1. The summed E-state index contributed by atoms with van der Waals surface area (Å²) in [5.41, 5.74) is 0.773. The van der Waals surface area contributed by atoms with E-state index in [0.29, 0.717) is 5.69 Å². The van der Waals surface area contributed by atoms with Gasteiger partial charge in [-0.2, -0.15) is 14.5 Å². The minimum absolute atomic E-state index is 0.0837. The van der Waals surface area contributed by atoms with E-state index in [1.54, 1.807) is 25.1 Å². The lowest BCUT2D eigenvalue weighted by atomic mass is 10.3. The van der Waals surface area contributed by atoms with Gasteiger partial charge in [0.25, 0.3) is 5.91 Å². The summed E-state index contributed by atoms with van der Waals surface area (Å²) in [5, 5.41) is 16.8. The Bertz CT molecular complexity index is 987. The first-order valence-electron chi connectivity index (χ1n) is 8.73. The lowest BCUT2D eigenvalue weighted by molar-refractivity contribution is -0.137. The molecule has 1 aliphatic rings. The minimum Gasteiger partial charge on any atom is -0.481 e. The molecule has 28 heavy (non-hydrogen) atoms. The summed E-state index contributed by atoms with van der Waals surface area (Å²) in [6.45, 7) is 2.74. The molecule has 3 heterocycles. The smallest absolute Gasteiger partial charge is 0.305 e. The first kappa shape index (κ1) is 20.0. The number of carbonyl (C=O) groups is 2. The van der Waals surface area contributed by atoms with E-state index in [1.807, 2.05) is 0 Å². The fourth-order valence-electron chi connectivity index (χ4n) is 2.97. The molecule has 1 saturated heterocycles. The summed E-state index contributed by atoms with van der Waals surface area (Å²) in [6.07, 6.45) is 2.81. The molecular weight excluding hydrogens is 388 g/mol. The molecule has 152 valence electrons. The van der Waals surface area contributed by atoms with Gasteiger partial charge in [0.15, 0.2) is 0 Å². The van der Waals surface area contributed by atoms with Crippen LogP contribution in [0.2, 0.25) is 0 Å². The fourth-order valence-corrected chi connectivity index (χ4v) is 4.58. The molecule has 0 aliphatic carbocycles. The third kappa shape index (κ3) is 3.92. The lowest BCUT2D eigenvalue weighted by Crippen LogP contribution is -2.50. The molecular formula is C16H22N6O5S. The number of hydrogen-bond donors (Lipinski definition) is 1. The van der Waals surface area contributed by atoms with Gasteiger partial charge in [-0.1, -0.05) is 0 Å². The second-order valence-corrected chi connectivity index (χ2v) is 8.43. The zero-order valence-electron chi connectivity index (χ0n) is 15.6. The van der Waals surface area contributed by atoms with Crippen molar-refractivity contribution in [3.63, 3.8) is 0 Å². The minimum atomic E-state index is -3.66. The van der Waals surface area contributed by atoms with E-state index in [2.05, 4.69) is 10.2 Å². The van der Waals surface area contributed by atoms with Crippen LogP contribution in [0, 0.1) is 6.92 Å². The highest BCUT2D eigenvalue weighted by Gasteiger charge is 2.33. The first-order valence-corrected chi connectivity index (χ1v) is 10.2. The van der Waals surface area contributed by atoms with E-state index in [9.17, 15) is 18.0 Å². The van der Waals surface area contributed by atoms with Crippen LogP contribution in [-0.4, -0.2) is 80.3 Å². The summed E-state index contributed by atoms with van der Waals surface area (Å²) < 4.78 is 29.9. The number of aryl methyl sites for hydroxylation is 2. The quantitative estimate of drug-likeness (QED) is 0.682. The van der Waals surface area contributed by atoms with E-state index in [-0.39, 0.29) is 55.6 Å². The number of aliphatic carboxylic acids is 1. The molecule has 0 spiro atoms. The van der Waals surface area contributed by atoms with Gasteiger partial charge in [0.05, 0.1) is 24.9 Å². The molecule has 1 N–H and O–H groups in total. The number of carboxylic acid groups (broad SMARTS) is 1. The van der Waals surface area contributed by atoms with Crippen LogP contribution in [-0.2, 0) is 28.4 Å². The second kappa shape index (κ2) is 7.72. The zero-order chi connectivity index (χ0) is 20.5. The maximum absolute atomic E-state index is 12.8. The van der Waals surface area contributed by atoms with Gasteiger partial charge in [0, 0.05) is 39.4 Å². The predicted octanol–water partition coefficient (Wildman–Crippen LogP) is -0.454. The number of sulfonamides is 1. The molecule has 0 aromatic carbocycles. The number of rotatable bonds is 6. The largest absolute Gasteiger partial charge is 0.481 e. The maximum atomic E-state index is 12.8. The van der Waals surface area contributed by atoms with Crippen LogP contribution in [0.4, 0.5) is 0 Å².